The maximum atomic E-state index is 11.8. The van der Waals surface area contributed by atoms with Crippen LogP contribution in [0.2, 0.25) is 0 Å². The van der Waals surface area contributed by atoms with Crippen molar-refractivity contribution in [3.05, 3.63) is 69.8 Å². The lowest BCUT2D eigenvalue weighted by Crippen LogP contribution is -2.17. The van der Waals surface area contributed by atoms with Crippen molar-refractivity contribution < 1.29 is 9.72 Å². The highest BCUT2D eigenvalue weighted by Gasteiger charge is 2.05. The molecule has 3 N–H and O–H groups in total. The van der Waals surface area contributed by atoms with Crippen molar-refractivity contribution in [2.45, 2.75) is 0 Å². The molecule has 0 aliphatic rings. The summed E-state index contributed by atoms with van der Waals surface area (Å²) in [6.07, 6.45) is 1.33. The second-order valence-electron chi connectivity index (χ2n) is 4.18. The minimum absolute atomic E-state index is 0.0406. The van der Waals surface area contributed by atoms with E-state index in [0.29, 0.717) is 16.8 Å². The first-order valence-electron chi connectivity index (χ1n) is 5.99. The van der Waals surface area contributed by atoms with E-state index in [1.165, 1.54) is 24.4 Å². The van der Waals surface area contributed by atoms with Crippen LogP contribution in [0.25, 0.3) is 0 Å². The number of nitrogens with one attached hydrogen (secondary N) is 1. The monoisotopic (exact) mass is 284 g/mol. The van der Waals surface area contributed by atoms with Crippen LogP contribution < -0.4 is 11.2 Å². The molecule has 0 heterocycles. The van der Waals surface area contributed by atoms with E-state index < -0.39 is 10.8 Å². The molecule has 0 aliphatic heterocycles. The summed E-state index contributed by atoms with van der Waals surface area (Å²) in [5.41, 5.74) is 9.24. The van der Waals surface area contributed by atoms with Gasteiger partial charge in [0.25, 0.3) is 11.6 Å². The van der Waals surface area contributed by atoms with Crippen molar-refractivity contribution >= 4 is 23.5 Å². The zero-order valence-corrected chi connectivity index (χ0v) is 10.9. The molecule has 7 heteroatoms. The van der Waals surface area contributed by atoms with Gasteiger partial charge in [0.2, 0.25) is 0 Å². The number of nitrogen functional groups attached to an aromatic ring is 1. The fourth-order valence-corrected chi connectivity index (χ4v) is 1.63. The fraction of sp³-hybridized carbons (Fsp3) is 0. The molecule has 7 nitrogen and oxygen atoms in total. The van der Waals surface area contributed by atoms with Gasteiger partial charge in [-0.2, -0.15) is 5.10 Å². The highest BCUT2D eigenvalue weighted by Crippen LogP contribution is 2.11. The molecule has 106 valence electrons. The summed E-state index contributed by atoms with van der Waals surface area (Å²) >= 11 is 0. The second kappa shape index (κ2) is 6.29. The van der Waals surface area contributed by atoms with Crippen LogP contribution in [0.4, 0.5) is 11.4 Å². The maximum Gasteiger partial charge on any atom is 0.271 e. The summed E-state index contributed by atoms with van der Waals surface area (Å²) in [4.78, 5) is 21.9. The van der Waals surface area contributed by atoms with Gasteiger partial charge in [0.15, 0.2) is 0 Å². The molecule has 21 heavy (non-hydrogen) atoms. The number of hydrazone groups is 1. The molecule has 0 unspecified atom stereocenters. The Balaban J connectivity index is 2.04. The van der Waals surface area contributed by atoms with Crippen LogP contribution in [0.3, 0.4) is 0 Å². The minimum Gasteiger partial charge on any atom is -0.399 e. The van der Waals surface area contributed by atoms with Crippen molar-refractivity contribution in [2.24, 2.45) is 5.10 Å². The first kappa shape index (κ1) is 14.2. The lowest BCUT2D eigenvalue weighted by Gasteiger charge is -2.00. The van der Waals surface area contributed by atoms with Gasteiger partial charge >= 0.3 is 0 Å². The van der Waals surface area contributed by atoms with Gasteiger partial charge in [-0.15, -0.1) is 0 Å². The molecule has 2 aromatic rings. The number of carbonyl (C=O) groups is 1. The standard InChI is InChI=1S/C14H12N4O3/c15-12-5-2-4-11(8-12)14(19)17-16-9-10-3-1-6-13(7-10)18(20)21/h1-9H,15H2,(H,17,19)/b16-9-. The Morgan fingerprint density at radius 1 is 1.24 bits per heavy atom. The number of nitro groups is 1. The first-order valence-corrected chi connectivity index (χ1v) is 5.99. The topological polar surface area (TPSA) is 111 Å². The Morgan fingerprint density at radius 2 is 2.00 bits per heavy atom. The van der Waals surface area contributed by atoms with Crippen molar-refractivity contribution in [3.8, 4) is 0 Å². The van der Waals surface area contributed by atoms with Crippen LogP contribution in [-0.2, 0) is 0 Å². The van der Waals surface area contributed by atoms with Gasteiger partial charge in [0.05, 0.1) is 11.1 Å². The summed E-state index contributed by atoms with van der Waals surface area (Å²) in [6.45, 7) is 0. The quantitative estimate of drug-likeness (QED) is 0.387. The van der Waals surface area contributed by atoms with Gasteiger partial charge in [-0.1, -0.05) is 18.2 Å². The normalized spacial score (nSPS) is 10.5. The molecule has 0 aromatic heterocycles. The molecule has 0 fully saturated rings. The second-order valence-corrected chi connectivity index (χ2v) is 4.18. The van der Waals surface area contributed by atoms with Gasteiger partial charge in [0.1, 0.15) is 0 Å². The number of anilines is 1. The van der Waals surface area contributed by atoms with Crippen LogP contribution >= 0.6 is 0 Å². The van der Waals surface area contributed by atoms with E-state index in [-0.39, 0.29) is 5.69 Å². The van der Waals surface area contributed by atoms with Gasteiger partial charge in [0, 0.05) is 28.9 Å². The zero-order valence-electron chi connectivity index (χ0n) is 10.9. The number of carbonyl (C=O) groups excluding carboxylic acids is 1. The summed E-state index contributed by atoms with van der Waals surface area (Å²) in [6, 6.07) is 12.4. The van der Waals surface area contributed by atoms with E-state index in [0.717, 1.165) is 0 Å². The number of benzene rings is 2. The Morgan fingerprint density at radius 3 is 2.71 bits per heavy atom. The van der Waals surface area contributed by atoms with E-state index in [4.69, 9.17) is 5.73 Å². The molecule has 0 bridgehead atoms. The van der Waals surface area contributed by atoms with E-state index in [9.17, 15) is 14.9 Å². The van der Waals surface area contributed by atoms with E-state index >= 15 is 0 Å². The SMILES string of the molecule is Nc1cccc(C(=O)N/N=C\c2cccc([N+](=O)[O-])c2)c1. The molecule has 0 aliphatic carbocycles. The third-order valence-electron chi connectivity index (χ3n) is 2.61. The largest absolute Gasteiger partial charge is 0.399 e. The first-order chi connectivity index (χ1) is 10.1. The smallest absolute Gasteiger partial charge is 0.271 e. The number of hydrogen-bond donors (Lipinski definition) is 2. The molecule has 2 aromatic carbocycles. The van der Waals surface area contributed by atoms with Crippen molar-refractivity contribution in [2.75, 3.05) is 5.73 Å². The third kappa shape index (κ3) is 3.87. The van der Waals surface area contributed by atoms with Crippen LogP contribution in [0.1, 0.15) is 15.9 Å². The van der Waals surface area contributed by atoms with E-state index in [2.05, 4.69) is 10.5 Å². The molecular weight excluding hydrogens is 272 g/mol. The molecule has 0 saturated carbocycles. The molecule has 0 saturated heterocycles. The zero-order chi connectivity index (χ0) is 15.2. The molecule has 0 spiro atoms. The van der Waals surface area contributed by atoms with Gasteiger partial charge in [-0.25, -0.2) is 5.43 Å². The average molecular weight is 284 g/mol. The lowest BCUT2D eigenvalue weighted by atomic mass is 10.2. The Labute approximate surface area is 120 Å². The number of nitrogens with two attached hydrogens (primary N) is 1. The summed E-state index contributed by atoms with van der Waals surface area (Å²) in [5, 5.41) is 14.4. The Kier molecular flexibility index (Phi) is 4.25. The maximum absolute atomic E-state index is 11.8. The number of nitrogens with zero attached hydrogens (tertiary/aromatic N) is 2. The lowest BCUT2D eigenvalue weighted by molar-refractivity contribution is -0.384. The number of rotatable bonds is 4. The predicted octanol–water partition coefficient (Wildman–Crippen LogP) is 1.94. The third-order valence-corrected chi connectivity index (χ3v) is 2.61. The molecule has 1 amide bonds. The van der Waals surface area contributed by atoms with Crippen LogP contribution in [0.15, 0.2) is 53.6 Å². The molecular formula is C14H12N4O3. The van der Waals surface area contributed by atoms with Crippen molar-refractivity contribution in [1.29, 1.82) is 0 Å². The highest BCUT2D eigenvalue weighted by molar-refractivity contribution is 5.95. The number of non-ortho nitro benzene ring substituents is 1. The molecule has 0 atom stereocenters. The molecule has 0 radical (unpaired) electrons. The van der Waals surface area contributed by atoms with Crippen LogP contribution in [0, 0.1) is 10.1 Å². The van der Waals surface area contributed by atoms with Crippen molar-refractivity contribution in [3.63, 3.8) is 0 Å². The van der Waals surface area contributed by atoms with E-state index in [1.807, 2.05) is 0 Å². The highest BCUT2D eigenvalue weighted by atomic mass is 16.6. The van der Waals surface area contributed by atoms with E-state index in [1.54, 1.807) is 30.3 Å². The van der Waals surface area contributed by atoms with Crippen LogP contribution in [-0.4, -0.2) is 17.0 Å². The van der Waals surface area contributed by atoms with Crippen molar-refractivity contribution in [1.82, 2.24) is 5.43 Å². The fourth-order valence-electron chi connectivity index (χ4n) is 1.63. The summed E-state index contributed by atoms with van der Waals surface area (Å²) < 4.78 is 0. The summed E-state index contributed by atoms with van der Waals surface area (Å²) in [7, 11) is 0. The Bertz CT molecular complexity index is 713. The summed E-state index contributed by atoms with van der Waals surface area (Å²) in [5.74, 6) is -0.413. The minimum atomic E-state index is -0.497. The van der Waals surface area contributed by atoms with Gasteiger partial charge in [-0.3, -0.25) is 14.9 Å². The average Bonchev–Trinajstić information content (AvgIpc) is 2.47. The molecule has 2 rings (SSSR count). The van der Waals surface area contributed by atoms with Crippen LogP contribution in [0.5, 0.6) is 0 Å². The Hall–Kier alpha value is -3.22. The number of amides is 1. The van der Waals surface area contributed by atoms with Gasteiger partial charge in [-0.05, 0) is 18.2 Å². The predicted molar refractivity (Wildman–Crippen MR) is 79.0 cm³/mol. The number of hydrogen-bond acceptors (Lipinski definition) is 5. The number of nitro benzene ring substituents is 1. The van der Waals surface area contributed by atoms with Gasteiger partial charge < -0.3 is 5.73 Å².